The predicted molar refractivity (Wildman–Crippen MR) is 128 cm³/mol. The Morgan fingerprint density at radius 2 is 1.10 bits per heavy atom. The first-order chi connectivity index (χ1) is 14.3. The molecule has 0 aromatic rings. The zero-order valence-corrected chi connectivity index (χ0v) is 20.7. The molecule has 1 atom stereocenters. The number of hydrogen-bond donors (Lipinski definition) is 3. The Bertz CT molecular complexity index is 410. The average molecular weight is 430 g/mol. The third kappa shape index (κ3) is 12.9. The van der Waals surface area contributed by atoms with Crippen molar-refractivity contribution in [1.29, 1.82) is 0 Å². The Kier molecular flexibility index (Phi) is 17.6. The van der Waals surface area contributed by atoms with Crippen LogP contribution in [0, 0.1) is 0 Å². The minimum absolute atomic E-state index is 0.131. The van der Waals surface area contributed by atoms with Gasteiger partial charge in [-0.05, 0) is 6.42 Å². The summed E-state index contributed by atoms with van der Waals surface area (Å²) >= 11 is 0. The van der Waals surface area contributed by atoms with Gasteiger partial charge in [0.1, 0.15) is 0 Å². The van der Waals surface area contributed by atoms with Gasteiger partial charge in [-0.1, -0.05) is 103 Å². The highest BCUT2D eigenvalue weighted by Gasteiger charge is 2.49. The van der Waals surface area contributed by atoms with Crippen LogP contribution in [0.5, 0.6) is 0 Å². The largest absolute Gasteiger partial charge is 0.476 e. The number of nitrogens with zero attached hydrogens (tertiary/aromatic N) is 1. The molecule has 0 aliphatic carbocycles. The number of carboxylic acids is 1. The summed E-state index contributed by atoms with van der Waals surface area (Å²) in [5, 5.41) is 22.3. The van der Waals surface area contributed by atoms with Crippen LogP contribution in [-0.2, 0) is 4.79 Å². The van der Waals surface area contributed by atoms with E-state index in [9.17, 15) is 15.0 Å². The van der Waals surface area contributed by atoms with Crippen molar-refractivity contribution < 1.29 is 19.5 Å². The quantitative estimate of drug-likeness (QED) is 0.117. The second-order valence-electron chi connectivity index (χ2n) is 9.88. The molecule has 0 aliphatic heterocycles. The van der Waals surface area contributed by atoms with Gasteiger partial charge < -0.3 is 14.7 Å². The van der Waals surface area contributed by atoms with Crippen LogP contribution in [0.1, 0.15) is 116 Å². The maximum Gasteiger partial charge on any atom is 0.382 e. The molecule has 0 radical (unpaired) electrons. The third-order valence-corrected chi connectivity index (χ3v) is 6.42. The summed E-state index contributed by atoms with van der Waals surface area (Å²) in [6, 6.07) is 0. The van der Waals surface area contributed by atoms with Gasteiger partial charge in [0.25, 0.3) is 5.66 Å². The zero-order valence-electron chi connectivity index (χ0n) is 20.7. The molecule has 0 spiro atoms. The zero-order chi connectivity index (χ0) is 22.7. The van der Waals surface area contributed by atoms with Crippen LogP contribution in [0.15, 0.2) is 0 Å². The summed E-state index contributed by atoms with van der Waals surface area (Å²) in [7, 11) is 5.60. The maximum absolute atomic E-state index is 11.9. The predicted octanol–water partition coefficient (Wildman–Crippen LogP) is 5.71. The molecule has 0 aromatic carbocycles. The van der Waals surface area contributed by atoms with Crippen LogP contribution < -0.4 is 5.32 Å². The second-order valence-corrected chi connectivity index (χ2v) is 9.88. The molecule has 0 aliphatic rings. The number of rotatable bonds is 22. The number of quaternary nitrogens is 1. The molecule has 0 bridgehead atoms. The van der Waals surface area contributed by atoms with Crippen molar-refractivity contribution >= 4 is 5.97 Å². The number of carbonyl (C=O) groups is 1. The summed E-state index contributed by atoms with van der Waals surface area (Å²) in [5.74, 6) is -0.888. The Balaban J connectivity index is 3.62. The summed E-state index contributed by atoms with van der Waals surface area (Å²) in [6.07, 6.45) is 21.6. The van der Waals surface area contributed by atoms with E-state index in [1.807, 2.05) is 21.1 Å². The molecule has 0 aromatic heterocycles. The second kappa shape index (κ2) is 18.0. The Labute approximate surface area is 187 Å². The van der Waals surface area contributed by atoms with Crippen LogP contribution in [0.25, 0.3) is 0 Å². The van der Waals surface area contributed by atoms with E-state index in [0.717, 1.165) is 12.8 Å². The van der Waals surface area contributed by atoms with Gasteiger partial charge in [-0.2, -0.15) is 0 Å². The van der Waals surface area contributed by atoms with Gasteiger partial charge in [0.15, 0.2) is 0 Å². The lowest BCUT2D eigenvalue weighted by atomic mass is 10.0. The first-order valence-corrected chi connectivity index (χ1v) is 12.7. The molecule has 0 heterocycles. The van der Waals surface area contributed by atoms with Crippen LogP contribution >= 0.6 is 0 Å². The Morgan fingerprint density at radius 1 is 0.733 bits per heavy atom. The van der Waals surface area contributed by atoms with Gasteiger partial charge in [-0.25, -0.2) is 4.79 Å². The lowest BCUT2D eigenvalue weighted by molar-refractivity contribution is -0.918. The lowest BCUT2D eigenvalue weighted by Crippen LogP contribution is -2.70. The molecule has 0 saturated heterocycles. The first kappa shape index (κ1) is 29.4. The van der Waals surface area contributed by atoms with Crippen molar-refractivity contribution in [2.75, 3.05) is 34.3 Å². The third-order valence-electron chi connectivity index (χ3n) is 6.42. The summed E-state index contributed by atoms with van der Waals surface area (Å²) in [4.78, 5) is 11.9. The highest BCUT2D eigenvalue weighted by molar-refractivity contribution is 5.76. The first-order valence-electron chi connectivity index (χ1n) is 12.7. The maximum atomic E-state index is 11.9. The molecular weight excluding hydrogens is 376 g/mol. The minimum atomic E-state index is -1.12. The molecular formula is C25H53N2O3+. The number of nitrogens with one attached hydrogen (secondary N) is 1. The van der Waals surface area contributed by atoms with Crippen molar-refractivity contribution in [3.8, 4) is 0 Å². The number of aliphatic hydroxyl groups is 1. The fourth-order valence-corrected chi connectivity index (χ4v) is 4.26. The van der Waals surface area contributed by atoms with Crippen LogP contribution in [0.4, 0.5) is 0 Å². The van der Waals surface area contributed by atoms with Crippen molar-refractivity contribution in [2.24, 2.45) is 0 Å². The van der Waals surface area contributed by atoms with E-state index in [1.165, 1.54) is 89.9 Å². The van der Waals surface area contributed by atoms with E-state index in [0.29, 0.717) is 6.54 Å². The monoisotopic (exact) mass is 429 g/mol. The van der Waals surface area contributed by atoms with Gasteiger partial charge in [0.05, 0.1) is 34.2 Å². The molecule has 30 heavy (non-hydrogen) atoms. The highest BCUT2D eigenvalue weighted by atomic mass is 16.4. The van der Waals surface area contributed by atoms with Gasteiger partial charge in [-0.15, -0.1) is 0 Å². The molecule has 0 saturated carbocycles. The lowest BCUT2D eigenvalue weighted by Gasteiger charge is -2.43. The average Bonchev–Trinajstić information content (AvgIpc) is 2.68. The van der Waals surface area contributed by atoms with Crippen molar-refractivity contribution in [1.82, 2.24) is 5.32 Å². The number of likely N-dealkylation sites (N-methyl/N-ethyl adjacent to an activating group) is 1. The number of unbranched alkanes of at least 4 members (excludes halogenated alkanes) is 15. The van der Waals surface area contributed by atoms with Gasteiger partial charge in [-0.3, -0.25) is 5.32 Å². The van der Waals surface area contributed by atoms with E-state index < -0.39 is 11.6 Å². The molecule has 5 heteroatoms. The van der Waals surface area contributed by atoms with Crippen LogP contribution in [0.3, 0.4) is 0 Å². The van der Waals surface area contributed by atoms with Crippen LogP contribution in [-0.4, -0.2) is 60.6 Å². The molecule has 0 amide bonds. The number of aliphatic carboxylic acids is 1. The fraction of sp³-hybridized carbons (Fsp3) is 0.960. The molecule has 180 valence electrons. The van der Waals surface area contributed by atoms with E-state index >= 15 is 0 Å². The molecule has 1 unspecified atom stereocenters. The molecule has 0 rings (SSSR count). The normalized spacial score (nSPS) is 14.0. The van der Waals surface area contributed by atoms with Gasteiger partial charge in [0.2, 0.25) is 0 Å². The van der Waals surface area contributed by atoms with Gasteiger partial charge >= 0.3 is 5.97 Å². The van der Waals surface area contributed by atoms with Crippen molar-refractivity contribution in [3.05, 3.63) is 0 Å². The molecule has 0 fully saturated rings. The van der Waals surface area contributed by atoms with Crippen LogP contribution in [0.2, 0.25) is 0 Å². The van der Waals surface area contributed by atoms with E-state index in [-0.39, 0.29) is 17.5 Å². The highest BCUT2D eigenvalue weighted by Crippen LogP contribution is 2.21. The Hall–Kier alpha value is -0.650. The Morgan fingerprint density at radius 3 is 1.40 bits per heavy atom. The number of hydrogen-bond acceptors (Lipinski definition) is 3. The topological polar surface area (TPSA) is 69.6 Å². The molecule has 3 N–H and O–H groups in total. The minimum Gasteiger partial charge on any atom is -0.476 e. The molecule has 5 nitrogen and oxygen atoms in total. The summed E-state index contributed by atoms with van der Waals surface area (Å²) in [5.41, 5.74) is -1.12. The van der Waals surface area contributed by atoms with E-state index in [4.69, 9.17) is 0 Å². The smallest absolute Gasteiger partial charge is 0.382 e. The standard InChI is InChI=1S/C25H52N2O3/c1-5-6-7-8-9-10-11-12-13-14-15-16-17-18-19-20-22-26-25(21-23-28,24(29)30)27(2,3)4/h26,28H,5-23H2,1-4H3/p+1. The number of aliphatic hydroxyl groups excluding tert-OH is 1. The van der Waals surface area contributed by atoms with E-state index in [2.05, 4.69) is 12.2 Å². The van der Waals surface area contributed by atoms with Crippen molar-refractivity contribution in [2.45, 2.75) is 122 Å². The summed E-state index contributed by atoms with van der Waals surface area (Å²) in [6.45, 7) is 2.82. The summed E-state index contributed by atoms with van der Waals surface area (Å²) < 4.78 is 0.252. The number of carboxylic acid groups (broad SMARTS) is 1. The van der Waals surface area contributed by atoms with E-state index in [1.54, 1.807) is 0 Å². The van der Waals surface area contributed by atoms with Gasteiger partial charge in [0, 0.05) is 6.54 Å². The van der Waals surface area contributed by atoms with Crippen molar-refractivity contribution in [3.63, 3.8) is 0 Å². The fourth-order valence-electron chi connectivity index (χ4n) is 4.26. The SMILES string of the molecule is CCCCCCCCCCCCCCCCCCNC(CCO)(C(=O)O)[N+](C)(C)C.